The van der Waals surface area contributed by atoms with Crippen LogP contribution in [0, 0.1) is 6.92 Å². The van der Waals surface area contributed by atoms with Gasteiger partial charge in [0, 0.05) is 30.2 Å². The Morgan fingerprint density at radius 2 is 1.76 bits per heavy atom. The second-order valence-corrected chi connectivity index (χ2v) is 7.12. The van der Waals surface area contributed by atoms with Gasteiger partial charge in [0.15, 0.2) is 11.5 Å². The second-order valence-electron chi connectivity index (χ2n) is 7.12. The van der Waals surface area contributed by atoms with E-state index in [2.05, 4.69) is 20.3 Å². The highest BCUT2D eigenvalue weighted by Crippen LogP contribution is 2.28. The Morgan fingerprint density at radius 1 is 0.971 bits per heavy atom. The van der Waals surface area contributed by atoms with Crippen LogP contribution in [0.4, 0.5) is 5.69 Å². The van der Waals surface area contributed by atoms with Crippen LogP contribution in [0.5, 0.6) is 23.1 Å². The third-order valence-corrected chi connectivity index (χ3v) is 4.88. The molecule has 4 rings (SSSR count). The van der Waals surface area contributed by atoms with Crippen LogP contribution in [-0.4, -0.2) is 39.6 Å². The summed E-state index contributed by atoms with van der Waals surface area (Å²) in [7, 11) is 3.14. The van der Waals surface area contributed by atoms with Gasteiger partial charge < -0.3 is 19.5 Å². The number of nitrogens with zero attached hydrogens (tertiary/aromatic N) is 4. The molecule has 0 aliphatic carbocycles. The number of ether oxygens (including phenoxy) is 3. The lowest BCUT2D eigenvalue weighted by Crippen LogP contribution is -2.07. The summed E-state index contributed by atoms with van der Waals surface area (Å²) in [5.41, 5.74) is 1.44. The molecule has 0 saturated carbocycles. The van der Waals surface area contributed by atoms with E-state index in [1.54, 1.807) is 69.0 Å². The van der Waals surface area contributed by atoms with E-state index in [0.29, 0.717) is 34.6 Å². The lowest BCUT2D eigenvalue weighted by atomic mass is 10.2. The highest BCUT2D eigenvalue weighted by Gasteiger charge is 2.07. The quantitative estimate of drug-likeness (QED) is 0.391. The monoisotopic (exact) mass is 457 g/mol. The number of anilines is 1. The van der Waals surface area contributed by atoms with E-state index in [-0.39, 0.29) is 5.91 Å². The minimum Gasteiger partial charge on any atom is -0.493 e. The number of hydrogen-bond donors (Lipinski definition) is 1. The van der Waals surface area contributed by atoms with Crippen molar-refractivity contribution in [2.45, 2.75) is 6.92 Å². The SMILES string of the molecule is COc1ccc(/C=C/C(=O)Nc2ccc(Oc3cc(-n4ccnc4C)ncn3)cc2)cc1OC. The van der Waals surface area contributed by atoms with E-state index in [4.69, 9.17) is 14.2 Å². The van der Waals surface area contributed by atoms with Gasteiger partial charge >= 0.3 is 0 Å². The number of amides is 1. The van der Waals surface area contributed by atoms with Gasteiger partial charge in [-0.2, -0.15) is 0 Å². The Morgan fingerprint density at radius 3 is 2.47 bits per heavy atom. The molecular weight excluding hydrogens is 434 g/mol. The number of carbonyl (C=O) groups is 1. The molecule has 2 heterocycles. The fraction of sp³-hybridized carbons (Fsp3) is 0.120. The molecule has 0 aliphatic rings. The molecule has 0 atom stereocenters. The minimum absolute atomic E-state index is 0.264. The molecule has 1 amide bonds. The Balaban J connectivity index is 1.37. The van der Waals surface area contributed by atoms with Crippen molar-refractivity contribution in [3.05, 3.63) is 84.7 Å². The first kappa shape index (κ1) is 22.5. The number of rotatable bonds is 8. The Hall–Kier alpha value is -4.66. The summed E-state index contributed by atoms with van der Waals surface area (Å²) in [6.45, 7) is 1.89. The smallest absolute Gasteiger partial charge is 0.248 e. The summed E-state index contributed by atoms with van der Waals surface area (Å²) in [5.74, 6) is 3.39. The highest BCUT2D eigenvalue weighted by molar-refractivity contribution is 6.02. The van der Waals surface area contributed by atoms with Crippen molar-refractivity contribution in [3.8, 4) is 28.9 Å². The fourth-order valence-corrected chi connectivity index (χ4v) is 3.18. The van der Waals surface area contributed by atoms with Crippen LogP contribution in [0.3, 0.4) is 0 Å². The van der Waals surface area contributed by atoms with Crippen molar-refractivity contribution < 1.29 is 19.0 Å². The lowest BCUT2D eigenvalue weighted by Gasteiger charge is -2.09. The number of imidazole rings is 1. The van der Waals surface area contributed by atoms with Crippen molar-refractivity contribution in [3.63, 3.8) is 0 Å². The van der Waals surface area contributed by atoms with Crippen LogP contribution in [0.25, 0.3) is 11.9 Å². The predicted molar refractivity (Wildman–Crippen MR) is 128 cm³/mol. The van der Waals surface area contributed by atoms with Crippen molar-refractivity contribution >= 4 is 17.7 Å². The van der Waals surface area contributed by atoms with Crippen molar-refractivity contribution in [2.75, 3.05) is 19.5 Å². The molecule has 0 saturated heterocycles. The first-order valence-corrected chi connectivity index (χ1v) is 10.4. The largest absolute Gasteiger partial charge is 0.493 e. The number of methoxy groups -OCH3 is 2. The maximum absolute atomic E-state index is 12.3. The number of nitrogens with one attached hydrogen (secondary N) is 1. The lowest BCUT2D eigenvalue weighted by molar-refractivity contribution is -0.111. The van der Waals surface area contributed by atoms with Gasteiger partial charge in [0.05, 0.1) is 14.2 Å². The number of aryl methyl sites for hydroxylation is 1. The van der Waals surface area contributed by atoms with Crippen molar-refractivity contribution in [1.29, 1.82) is 0 Å². The van der Waals surface area contributed by atoms with E-state index in [0.717, 1.165) is 11.4 Å². The molecule has 0 aliphatic heterocycles. The van der Waals surface area contributed by atoms with Gasteiger partial charge in [0.2, 0.25) is 11.8 Å². The summed E-state index contributed by atoms with van der Waals surface area (Å²) in [6.07, 6.45) is 8.10. The number of benzene rings is 2. The molecule has 4 aromatic rings. The molecule has 9 heteroatoms. The molecule has 2 aromatic carbocycles. The molecule has 9 nitrogen and oxygen atoms in total. The summed E-state index contributed by atoms with van der Waals surface area (Å²) in [6, 6.07) is 14.1. The number of aromatic nitrogens is 4. The molecule has 34 heavy (non-hydrogen) atoms. The number of hydrogen-bond acceptors (Lipinski definition) is 7. The maximum Gasteiger partial charge on any atom is 0.248 e. The van der Waals surface area contributed by atoms with Gasteiger partial charge in [-0.25, -0.2) is 15.0 Å². The third-order valence-electron chi connectivity index (χ3n) is 4.88. The van der Waals surface area contributed by atoms with E-state index < -0.39 is 0 Å². The van der Waals surface area contributed by atoms with Gasteiger partial charge in [0.25, 0.3) is 0 Å². The molecule has 0 bridgehead atoms. The normalized spacial score (nSPS) is 10.8. The summed E-state index contributed by atoms with van der Waals surface area (Å²) in [5, 5.41) is 2.82. The average molecular weight is 457 g/mol. The van der Waals surface area contributed by atoms with E-state index in [1.165, 1.54) is 12.4 Å². The summed E-state index contributed by atoms with van der Waals surface area (Å²) >= 11 is 0. The topological polar surface area (TPSA) is 100 Å². The first-order chi connectivity index (χ1) is 16.6. The third kappa shape index (κ3) is 5.39. The van der Waals surface area contributed by atoms with Gasteiger partial charge in [-0.1, -0.05) is 6.07 Å². The van der Waals surface area contributed by atoms with E-state index in [9.17, 15) is 4.79 Å². The van der Waals surface area contributed by atoms with Crippen LogP contribution in [0.1, 0.15) is 11.4 Å². The highest BCUT2D eigenvalue weighted by atomic mass is 16.5. The molecule has 1 N–H and O–H groups in total. The van der Waals surface area contributed by atoms with Gasteiger partial charge in [-0.15, -0.1) is 0 Å². The van der Waals surface area contributed by atoms with Crippen LogP contribution >= 0.6 is 0 Å². The van der Waals surface area contributed by atoms with E-state index >= 15 is 0 Å². The molecule has 0 fully saturated rings. The second kappa shape index (κ2) is 10.3. The molecule has 0 radical (unpaired) electrons. The van der Waals surface area contributed by atoms with Crippen LogP contribution < -0.4 is 19.5 Å². The van der Waals surface area contributed by atoms with Crippen molar-refractivity contribution in [2.24, 2.45) is 0 Å². The van der Waals surface area contributed by atoms with Crippen LogP contribution in [0.15, 0.2) is 73.3 Å². The van der Waals surface area contributed by atoms with Gasteiger partial charge in [0.1, 0.15) is 23.7 Å². The zero-order valence-corrected chi connectivity index (χ0v) is 18.9. The zero-order valence-electron chi connectivity index (χ0n) is 18.9. The van der Waals surface area contributed by atoms with E-state index in [1.807, 2.05) is 23.8 Å². The maximum atomic E-state index is 12.3. The summed E-state index contributed by atoms with van der Waals surface area (Å²) in [4.78, 5) is 24.9. The molecule has 172 valence electrons. The van der Waals surface area contributed by atoms with Crippen LogP contribution in [0.2, 0.25) is 0 Å². The standard InChI is InChI=1S/C25H23N5O4/c1-17-26-12-13-30(17)23-15-25(28-16-27-23)34-20-8-6-19(7-9-20)29-24(31)11-5-18-4-10-21(32-2)22(14-18)33-3/h4-16H,1-3H3,(H,29,31)/b11-5+. The molecule has 2 aromatic heterocycles. The van der Waals surface area contributed by atoms with Gasteiger partial charge in [-0.05, 0) is 55.0 Å². The van der Waals surface area contributed by atoms with Crippen molar-refractivity contribution in [1.82, 2.24) is 19.5 Å². The summed E-state index contributed by atoms with van der Waals surface area (Å²) < 4.78 is 18.2. The Labute approximate surface area is 196 Å². The fourth-order valence-electron chi connectivity index (χ4n) is 3.18. The first-order valence-electron chi connectivity index (χ1n) is 10.4. The minimum atomic E-state index is -0.264. The Kier molecular flexibility index (Phi) is 6.83. The Bertz CT molecular complexity index is 1320. The molecule has 0 unspecified atom stereocenters. The van der Waals surface area contributed by atoms with Gasteiger partial charge in [-0.3, -0.25) is 9.36 Å². The average Bonchev–Trinajstić information content (AvgIpc) is 3.29. The molecular formula is C25H23N5O4. The molecule has 0 spiro atoms. The number of carbonyl (C=O) groups excluding carboxylic acids is 1. The predicted octanol–water partition coefficient (Wildman–Crippen LogP) is 4.43. The zero-order chi connectivity index (χ0) is 23.9. The van der Waals surface area contributed by atoms with Crippen LogP contribution in [-0.2, 0) is 4.79 Å².